The molecule has 2 N–H and O–H groups in total. The van der Waals surface area contributed by atoms with E-state index in [2.05, 4.69) is 15.6 Å². The van der Waals surface area contributed by atoms with E-state index in [1.165, 1.54) is 0 Å². The molecule has 1 aromatic heterocycles. The van der Waals surface area contributed by atoms with E-state index in [1.807, 2.05) is 13.8 Å². The fraction of sp³-hybridized carbons (Fsp3) is 0.278. The summed E-state index contributed by atoms with van der Waals surface area (Å²) >= 11 is 0. The minimum atomic E-state index is -0.407. The summed E-state index contributed by atoms with van der Waals surface area (Å²) in [6.07, 6.45) is 0. The van der Waals surface area contributed by atoms with Gasteiger partial charge in [0.2, 0.25) is 0 Å². The van der Waals surface area contributed by atoms with E-state index in [9.17, 15) is 9.59 Å². The van der Waals surface area contributed by atoms with Crippen molar-refractivity contribution in [3.05, 3.63) is 47.8 Å². The minimum absolute atomic E-state index is 0.00972. The Hall–Kier alpha value is -3.09. The predicted octanol–water partition coefficient (Wildman–Crippen LogP) is 2.24. The van der Waals surface area contributed by atoms with Crippen LogP contribution in [0.2, 0.25) is 0 Å². The Kier molecular flexibility index (Phi) is 4.83. The van der Waals surface area contributed by atoms with Crippen LogP contribution in [0.5, 0.6) is 11.5 Å². The van der Waals surface area contributed by atoms with Crippen molar-refractivity contribution in [2.24, 2.45) is 0 Å². The lowest BCUT2D eigenvalue weighted by Crippen LogP contribution is -2.31. The summed E-state index contributed by atoms with van der Waals surface area (Å²) in [5.74, 6) is 0.511. The summed E-state index contributed by atoms with van der Waals surface area (Å²) in [5.41, 5.74) is 0.919. The summed E-state index contributed by atoms with van der Waals surface area (Å²) in [4.78, 5) is 28.5. The summed E-state index contributed by atoms with van der Waals surface area (Å²) in [6.45, 7) is 4.69. The lowest BCUT2D eigenvalue weighted by Gasteiger charge is -2.19. The molecule has 2 aromatic rings. The molecule has 0 fully saturated rings. The highest BCUT2D eigenvalue weighted by Crippen LogP contribution is 2.32. The van der Waals surface area contributed by atoms with Crippen molar-refractivity contribution < 1.29 is 19.1 Å². The van der Waals surface area contributed by atoms with Crippen molar-refractivity contribution >= 4 is 17.5 Å². The zero-order valence-corrected chi connectivity index (χ0v) is 14.0. The van der Waals surface area contributed by atoms with E-state index < -0.39 is 5.91 Å². The van der Waals surface area contributed by atoms with Gasteiger partial charge in [-0.1, -0.05) is 6.07 Å². The van der Waals surface area contributed by atoms with Gasteiger partial charge in [0.05, 0.1) is 0 Å². The molecule has 0 aliphatic carbocycles. The number of amides is 2. The van der Waals surface area contributed by atoms with E-state index >= 15 is 0 Å². The highest BCUT2D eigenvalue weighted by molar-refractivity contribution is 6.04. The molecule has 1 aromatic carbocycles. The van der Waals surface area contributed by atoms with Crippen molar-refractivity contribution in [2.75, 3.05) is 18.5 Å². The Morgan fingerprint density at radius 2 is 1.68 bits per heavy atom. The Labute approximate surface area is 145 Å². The Morgan fingerprint density at radius 3 is 2.40 bits per heavy atom. The van der Waals surface area contributed by atoms with Gasteiger partial charge in [-0.3, -0.25) is 9.59 Å². The zero-order chi connectivity index (χ0) is 17.8. The molecule has 0 unspecified atom stereocenters. The number of nitrogens with zero attached hydrogens (tertiary/aromatic N) is 1. The molecule has 25 heavy (non-hydrogen) atoms. The van der Waals surface area contributed by atoms with Crippen molar-refractivity contribution in [1.82, 2.24) is 10.3 Å². The maximum absolute atomic E-state index is 12.4. The SMILES string of the molecule is CC(C)NC(=O)c1cccc(C(=O)Nc2ccc3c(c2)OCCO3)n1. The lowest BCUT2D eigenvalue weighted by atomic mass is 10.2. The summed E-state index contributed by atoms with van der Waals surface area (Å²) < 4.78 is 10.9. The van der Waals surface area contributed by atoms with Crippen molar-refractivity contribution in [3.8, 4) is 11.5 Å². The smallest absolute Gasteiger partial charge is 0.274 e. The molecular formula is C18H19N3O4. The molecule has 0 saturated heterocycles. The highest BCUT2D eigenvalue weighted by Gasteiger charge is 2.15. The Balaban J connectivity index is 1.74. The second-order valence-electron chi connectivity index (χ2n) is 5.85. The first-order chi connectivity index (χ1) is 12.0. The van der Waals surface area contributed by atoms with Crippen LogP contribution in [0, 0.1) is 0 Å². The first-order valence-corrected chi connectivity index (χ1v) is 8.02. The number of anilines is 1. The van der Waals surface area contributed by atoms with Crippen LogP contribution in [-0.4, -0.2) is 36.1 Å². The number of carbonyl (C=O) groups is 2. The molecule has 7 nitrogen and oxygen atoms in total. The standard InChI is InChI=1S/C18H19N3O4/c1-11(2)19-17(22)13-4-3-5-14(21-13)18(23)20-12-6-7-15-16(10-12)25-9-8-24-15/h3-7,10-11H,8-9H2,1-2H3,(H,19,22)(H,20,23). The summed E-state index contributed by atoms with van der Waals surface area (Å²) in [7, 11) is 0. The molecule has 1 aliphatic rings. The molecule has 0 atom stereocenters. The quantitative estimate of drug-likeness (QED) is 0.890. The fourth-order valence-corrected chi connectivity index (χ4v) is 2.34. The lowest BCUT2D eigenvalue weighted by molar-refractivity contribution is 0.0938. The summed E-state index contributed by atoms with van der Waals surface area (Å²) in [6, 6.07) is 9.90. The topological polar surface area (TPSA) is 89.6 Å². The first kappa shape index (κ1) is 16.8. The molecule has 7 heteroatoms. The molecule has 0 saturated carbocycles. The fourth-order valence-electron chi connectivity index (χ4n) is 2.34. The number of rotatable bonds is 4. The average molecular weight is 341 g/mol. The van der Waals surface area contributed by atoms with Crippen LogP contribution >= 0.6 is 0 Å². The van der Waals surface area contributed by atoms with E-state index in [-0.39, 0.29) is 23.3 Å². The first-order valence-electron chi connectivity index (χ1n) is 8.02. The maximum Gasteiger partial charge on any atom is 0.274 e. The normalized spacial score (nSPS) is 12.6. The van der Waals surface area contributed by atoms with Crippen LogP contribution in [0.25, 0.3) is 0 Å². The van der Waals surface area contributed by atoms with Gasteiger partial charge < -0.3 is 20.1 Å². The number of carbonyl (C=O) groups excluding carboxylic acids is 2. The number of pyridine rings is 1. The predicted molar refractivity (Wildman–Crippen MR) is 92.2 cm³/mol. The Morgan fingerprint density at radius 1 is 1.00 bits per heavy atom. The van der Waals surface area contributed by atoms with Crippen LogP contribution < -0.4 is 20.1 Å². The monoisotopic (exact) mass is 341 g/mol. The van der Waals surface area contributed by atoms with Crippen LogP contribution in [0.1, 0.15) is 34.8 Å². The molecular weight excluding hydrogens is 322 g/mol. The van der Waals surface area contributed by atoms with Gasteiger partial charge in [0.25, 0.3) is 11.8 Å². The van der Waals surface area contributed by atoms with Crippen molar-refractivity contribution in [2.45, 2.75) is 19.9 Å². The number of nitrogens with one attached hydrogen (secondary N) is 2. The van der Waals surface area contributed by atoms with E-state index in [0.29, 0.717) is 30.4 Å². The van der Waals surface area contributed by atoms with Crippen LogP contribution in [0.4, 0.5) is 5.69 Å². The van der Waals surface area contributed by atoms with Crippen LogP contribution in [0.3, 0.4) is 0 Å². The van der Waals surface area contributed by atoms with Gasteiger partial charge in [-0.25, -0.2) is 4.98 Å². The number of benzene rings is 1. The number of fused-ring (bicyclic) bond motifs is 1. The molecule has 2 heterocycles. The maximum atomic E-state index is 12.4. The van der Waals surface area contributed by atoms with Gasteiger partial charge in [0.15, 0.2) is 11.5 Å². The molecule has 130 valence electrons. The third-order valence-electron chi connectivity index (χ3n) is 3.43. The van der Waals surface area contributed by atoms with Gasteiger partial charge in [-0.15, -0.1) is 0 Å². The van der Waals surface area contributed by atoms with Gasteiger partial charge in [-0.05, 0) is 38.1 Å². The van der Waals surface area contributed by atoms with E-state index in [1.54, 1.807) is 36.4 Å². The second-order valence-corrected chi connectivity index (χ2v) is 5.85. The zero-order valence-electron chi connectivity index (χ0n) is 14.0. The molecule has 3 rings (SSSR count). The average Bonchev–Trinajstić information content (AvgIpc) is 2.61. The molecule has 0 bridgehead atoms. The van der Waals surface area contributed by atoms with Crippen LogP contribution in [0.15, 0.2) is 36.4 Å². The van der Waals surface area contributed by atoms with Gasteiger partial charge in [0.1, 0.15) is 24.6 Å². The number of hydrogen-bond donors (Lipinski definition) is 2. The molecule has 2 amide bonds. The van der Waals surface area contributed by atoms with Crippen LogP contribution in [-0.2, 0) is 0 Å². The number of aromatic nitrogens is 1. The van der Waals surface area contributed by atoms with Crippen molar-refractivity contribution in [3.63, 3.8) is 0 Å². The number of hydrogen-bond acceptors (Lipinski definition) is 5. The third-order valence-corrected chi connectivity index (χ3v) is 3.43. The van der Waals surface area contributed by atoms with E-state index in [0.717, 1.165) is 0 Å². The third kappa shape index (κ3) is 4.06. The highest BCUT2D eigenvalue weighted by atomic mass is 16.6. The summed E-state index contributed by atoms with van der Waals surface area (Å²) in [5, 5.41) is 5.49. The Bertz CT molecular complexity index is 805. The second kappa shape index (κ2) is 7.21. The van der Waals surface area contributed by atoms with Gasteiger partial charge >= 0.3 is 0 Å². The van der Waals surface area contributed by atoms with Gasteiger partial charge in [0, 0.05) is 17.8 Å². The van der Waals surface area contributed by atoms with E-state index in [4.69, 9.17) is 9.47 Å². The molecule has 0 spiro atoms. The molecule has 0 radical (unpaired) electrons. The largest absolute Gasteiger partial charge is 0.486 e. The minimum Gasteiger partial charge on any atom is -0.486 e. The number of ether oxygens (including phenoxy) is 2. The van der Waals surface area contributed by atoms with Gasteiger partial charge in [-0.2, -0.15) is 0 Å². The molecule has 1 aliphatic heterocycles. The van der Waals surface area contributed by atoms with Crippen molar-refractivity contribution in [1.29, 1.82) is 0 Å².